The van der Waals surface area contributed by atoms with Gasteiger partial charge >= 0.3 is 6.01 Å². The van der Waals surface area contributed by atoms with E-state index in [-0.39, 0.29) is 10.9 Å². The maximum absolute atomic E-state index is 13.0. The van der Waals surface area contributed by atoms with Gasteiger partial charge < -0.3 is 4.42 Å². The Balaban J connectivity index is 1.42. The van der Waals surface area contributed by atoms with Gasteiger partial charge in [0.1, 0.15) is 0 Å². The number of hydrogen-bond donors (Lipinski definition) is 1. The Bertz CT molecular complexity index is 1130. The Labute approximate surface area is 185 Å². The van der Waals surface area contributed by atoms with Crippen molar-refractivity contribution >= 4 is 33.3 Å². The largest absolute Gasteiger partial charge is 0.407 e. The number of carbonyl (C=O) groups excluding carboxylic acids is 1. The minimum Gasteiger partial charge on any atom is -0.407 e. The fraction of sp³-hybridized carbons (Fsp3) is 0.381. The second-order valence-electron chi connectivity index (χ2n) is 8.00. The smallest absolute Gasteiger partial charge is 0.322 e. The topological polar surface area (TPSA) is 105 Å². The predicted molar refractivity (Wildman–Crippen MR) is 118 cm³/mol. The summed E-state index contributed by atoms with van der Waals surface area (Å²) in [6.45, 7) is 5.16. The Kier molecular flexibility index (Phi) is 6.22. The second-order valence-corrected chi connectivity index (χ2v) is 11.0. The van der Waals surface area contributed by atoms with E-state index in [1.165, 1.54) is 28.6 Å². The molecule has 2 aromatic heterocycles. The Morgan fingerprint density at radius 2 is 1.87 bits per heavy atom. The van der Waals surface area contributed by atoms with E-state index >= 15 is 0 Å². The molecule has 1 aromatic carbocycles. The van der Waals surface area contributed by atoms with Gasteiger partial charge in [-0.05, 0) is 54.0 Å². The molecular formula is C21H24N4O4S2. The second kappa shape index (κ2) is 8.89. The van der Waals surface area contributed by atoms with Crippen LogP contribution in [0.4, 0.5) is 6.01 Å². The van der Waals surface area contributed by atoms with Gasteiger partial charge in [-0.1, -0.05) is 25.0 Å². The summed E-state index contributed by atoms with van der Waals surface area (Å²) in [6.07, 6.45) is 1.52. The first-order valence-electron chi connectivity index (χ1n) is 10.1. The summed E-state index contributed by atoms with van der Waals surface area (Å²) in [5.41, 5.74) is 0.303. The molecule has 0 saturated carbocycles. The first-order valence-corrected chi connectivity index (χ1v) is 12.4. The van der Waals surface area contributed by atoms with E-state index in [1.807, 2.05) is 17.5 Å². The molecule has 1 saturated heterocycles. The van der Waals surface area contributed by atoms with E-state index in [0.717, 1.165) is 11.3 Å². The Morgan fingerprint density at radius 1 is 1.16 bits per heavy atom. The normalized spacial score (nSPS) is 19.9. The van der Waals surface area contributed by atoms with Crippen LogP contribution >= 0.6 is 11.3 Å². The summed E-state index contributed by atoms with van der Waals surface area (Å²) in [5, 5.41) is 12.3. The van der Waals surface area contributed by atoms with Crippen LogP contribution in [0.1, 0.15) is 41.4 Å². The number of nitrogens with zero attached hydrogens (tertiary/aromatic N) is 3. The van der Waals surface area contributed by atoms with Crippen molar-refractivity contribution in [2.75, 3.05) is 18.4 Å². The average Bonchev–Trinajstić information content (AvgIpc) is 3.40. The van der Waals surface area contributed by atoms with Crippen molar-refractivity contribution in [1.29, 1.82) is 0 Å². The number of carbonyl (C=O) groups is 1. The van der Waals surface area contributed by atoms with Crippen molar-refractivity contribution in [3.63, 3.8) is 0 Å². The number of piperidine rings is 1. The third-order valence-corrected chi connectivity index (χ3v) is 7.90. The molecule has 2 unspecified atom stereocenters. The van der Waals surface area contributed by atoms with Crippen LogP contribution in [-0.2, 0) is 16.4 Å². The van der Waals surface area contributed by atoms with Crippen molar-refractivity contribution in [1.82, 2.24) is 14.5 Å². The lowest BCUT2D eigenvalue weighted by Crippen LogP contribution is -2.42. The number of amides is 1. The number of benzene rings is 1. The molecule has 31 heavy (non-hydrogen) atoms. The first kappa shape index (κ1) is 21.7. The minimum atomic E-state index is -3.59. The molecule has 3 heterocycles. The number of rotatable bonds is 6. The maximum atomic E-state index is 13.0. The molecule has 8 nitrogen and oxygen atoms in total. The molecule has 3 aromatic rings. The summed E-state index contributed by atoms with van der Waals surface area (Å²) in [6, 6.07) is 9.81. The fourth-order valence-electron chi connectivity index (χ4n) is 3.84. The quantitative estimate of drug-likeness (QED) is 0.602. The van der Waals surface area contributed by atoms with Crippen LogP contribution in [0.15, 0.2) is 51.1 Å². The van der Waals surface area contributed by atoms with E-state index in [4.69, 9.17) is 4.42 Å². The van der Waals surface area contributed by atoms with Gasteiger partial charge in [0, 0.05) is 23.5 Å². The molecule has 4 rings (SSSR count). The fourth-order valence-corrected chi connectivity index (χ4v) is 6.21. The van der Waals surface area contributed by atoms with Crippen LogP contribution in [-0.4, -0.2) is 41.9 Å². The molecule has 1 amide bonds. The van der Waals surface area contributed by atoms with Gasteiger partial charge in [-0.3, -0.25) is 10.1 Å². The molecular weight excluding hydrogens is 436 g/mol. The molecule has 1 aliphatic rings. The molecule has 0 bridgehead atoms. The number of nitrogens with one attached hydrogen (secondary N) is 1. The molecule has 164 valence electrons. The van der Waals surface area contributed by atoms with Gasteiger partial charge in [0.05, 0.1) is 11.3 Å². The highest BCUT2D eigenvalue weighted by Gasteiger charge is 2.31. The third kappa shape index (κ3) is 5.03. The lowest BCUT2D eigenvalue weighted by molar-refractivity contribution is 0.102. The maximum Gasteiger partial charge on any atom is 0.322 e. The lowest BCUT2D eigenvalue weighted by Gasteiger charge is -2.34. The number of hydrogen-bond acceptors (Lipinski definition) is 7. The highest BCUT2D eigenvalue weighted by molar-refractivity contribution is 7.89. The first-order chi connectivity index (χ1) is 14.8. The predicted octanol–water partition coefficient (Wildman–Crippen LogP) is 3.64. The molecule has 10 heteroatoms. The molecule has 0 aliphatic carbocycles. The third-order valence-electron chi connectivity index (χ3n) is 5.18. The van der Waals surface area contributed by atoms with Gasteiger partial charge in [0.25, 0.3) is 5.91 Å². The highest BCUT2D eigenvalue weighted by Crippen LogP contribution is 2.27. The summed E-state index contributed by atoms with van der Waals surface area (Å²) in [5.74, 6) is 0.602. The zero-order valence-electron chi connectivity index (χ0n) is 17.3. The number of aromatic nitrogens is 2. The van der Waals surface area contributed by atoms with Gasteiger partial charge in [0.15, 0.2) is 0 Å². The summed E-state index contributed by atoms with van der Waals surface area (Å²) in [7, 11) is -3.59. The molecule has 1 N–H and O–H groups in total. The molecule has 2 atom stereocenters. The average molecular weight is 461 g/mol. The van der Waals surface area contributed by atoms with E-state index in [9.17, 15) is 13.2 Å². The van der Waals surface area contributed by atoms with Crippen molar-refractivity contribution in [2.24, 2.45) is 11.8 Å². The summed E-state index contributed by atoms with van der Waals surface area (Å²) < 4.78 is 33.0. The van der Waals surface area contributed by atoms with Crippen LogP contribution in [0.25, 0.3) is 0 Å². The van der Waals surface area contributed by atoms with Crippen LogP contribution < -0.4 is 5.32 Å². The van der Waals surface area contributed by atoms with Crippen molar-refractivity contribution < 1.29 is 17.6 Å². The van der Waals surface area contributed by atoms with Gasteiger partial charge in [-0.2, -0.15) is 4.31 Å². The van der Waals surface area contributed by atoms with Gasteiger partial charge in [-0.25, -0.2) is 8.42 Å². The molecule has 1 aliphatic heterocycles. The summed E-state index contributed by atoms with van der Waals surface area (Å²) >= 11 is 1.58. The molecule has 0 spiro atoms. The van der Waals surface area contributed by atoms with Crippen LogP contribution in [0.2, 0.25) is 0 Å². The van der Waals surface area contributed by atoms with Crippen molar-refractivity contribution in [2.45, 2.75) is 31.6 Å². The monoisotopic (exact) mass is 460 g/mol. The van der Waals surface area contributed by atoms with E-state index in [1.54, 1.807) is 11.3 Å². The Hall–Kier alpha value is -2.56. The van der Waals surface area contributed by atoms with E-state index < -0.39 is 15.9 Å². The zero-order chi connectivity index (χ0) is 22.0. The zero-order valence-corrected chi connectivity index (χ0v) is 18.9. The van der Waals surface area contributed by atoms with E-state index in [2.05, 4.69) is 29.4 Å². The van der Waals surface area contributed by atoms with Crippen molar-refractivity contribution in [3.05, 3.63) is 58.1 Å². The number of thiophene rings is 1. The molecule has 1 fully saturated rings. The number of sulfonamides is 1. The highest BCUT2D eigenvalue weighted by atomic mass is 32.2. The molecule has 0 radical (unpaired) electrons. The number of anilines is 1. The van der Waals surface area contributed by atoms with Crippen LogP contribution in [0, 0.1) is 11.8 Å². The standard InChI is InChI=1S/C21H24N4O4S2/c1-14-10-15(2)13-25(12-14)31(27,28)18-7-5-16(6-8-18)20(26)22-21-24-23-19(29-21)11-17-4-3-9-30-17/h3-9,14-15H,10-13H2,1-2H3,(H,22,24,26). The summed E-state index contributed by atoms with van der Waals surface area (Å²) in [4.78, 5) is 13.8. The van der Waals surface area contributed by atoms with Gasteiger partial charge in [-0.15, -0.1) is 16.4 Å². The van der Waals surface area contributed by atoms with Crippen LogP contribution in [0.3, 0.4) is 0 Å². The lowest BCUT2D eigenvalue weighted by atomic mass is 9.94. The SMILES string of the molecule is CC1CC(C)CN(S(=O)(=O)c2ccc(C(=O)Nc3nnc(Cc4cccs4)o3)cc2)C1. The van der Waals surface area contributed by atoms with E-state index in [0.29, 0.717) is 42.8 Å². The van der Waals surface area contributed by atoms with Gasteiger partial charge in [0.2, 0.25) is 15.9 Å². The Morgan fingerprint density at radius 3 is 2.52 bits per heavy atom. The minimum absolute atomic E-state index is 0.00421. The van der Waals surface area contributed by atoms with Crippen LogP contribution in [0.5, 0.6) is 0 Å². The van der Waals surface area contributed by atoms with Crippen molar-refractivity contribution in [3.8, 4) is 0 Å².